The molecule has 0 unspecified atom stereocenters. The lowest BCUT2D eigenvalue weighted by molar-refractivity contribution is 0.0759. The minimum Gasteiger partial charge on any atom is -0.336 e. The topological polar surface area (TPSA) is 37.6 Å². The standard InChI is InChI=1S/C18H19N3OS2/c1-13-17(21-8-3-2-6-16(21)19-13)18(22)20-9-7-15(24-12-10-20)14-5-4-11-23-14/h2-6,8,11,15H,7,9-10,12H2,1H3/t15-/m0/s1. The Morgan fingerprint density at radius 1 is 1.25 bits per heavy atom. The van der Waals surface area contributed by atoms with Crippen LogP contribution in [0.25, 0.3) is 5.65 Å². The molecule has 4 nitrogen and oxygen atoms in total. The van der Waals surface area contributed by atoms with Gasteiger partial charge < -0.3 is 4.90 Å². The summed E-state index contributed by atoms with van der Waals surface area (Å²) in [5.41, 5.74) is 2.34. The van der Waals surface area contributed by atoms with Crippen LogP contribution in [0.15, 0.2) is 41.9 Å². The van der Waals surface area contributed by atoms with Gasteiger partial charge in [0.2, 0.25) is 0 Å². The molecule has 1 saturated heterocycles. The Labute approximate surface area is 149 Å². The summed E-state index contributed by atoms with van der Waals surface area (Å²) in [5, 5.41) is 2.64. The molecule has 0 spiro atoms. The third-order valence-electron chi connectivity index (χ3n) is 4.40. The molecule has 1 atom stereocenters. The highest BCUT2D eigenvalue weighted by Gasteiger charge is 2.26. The van der Waals surface area contributed by atoms with Crippen LogP contribution in [-0.2, 0) is 0 Å². The summed E-state index contributed by atoms with van der Waals surface area (Å²) in [7, 11) is 0. The zero-order valence-corrected chi connectivity index (χ0v) is 15.1. The highest BCUT2D eigenvalue weighted by molar-refractivity contribution is 7.99. The Morgan fingerprint density at radius 3 is 3.00 bits per heavy atom. The second-order valence-electron chi connectivity index (χ2n) is 5.93. The molecule has 4 heterocycles. The predicted octanol–water partition coefficient (Wildman–Crippen LogP) is 4.02. The fraction of sp³-hybridized carbons (Fsp3) is 0.333. The SMILES string of the molecule is Cc1nc2ccccn2c1C(=O)N1CCS[C@H](c2cccs2)CC1. The molecule has 124 valence electrons. The Hall–Kier alpha value is -1.79. The predicted molar refractivity (Wildman–Crippen MR) is 100.0 cm³/mol. The molecule has 1 aliphatic heterocycles. The molecule has 1 fully saturated rings. The van der Waals surface area contributed by atoms with Crippen LogP contribution in [0.1, 0.15) is 32.7 Å². The first kappa shape index (κ1) is 15.7. The fourth-order valence-electron chi connectivity index (χ4n) is 3.20. The van der Waals surface area contributed by atoms with Crippen molar-refractivity contribution in [1.82, 2.24) is 14.3 Å². The van der Waals surface area contributed by atoms with E-state index in [4.69, 9.17) is 0 Å². The van der Waals surface area contributed by atoms with Gasteiger partial charge in [-0.05, 0) is 36.9 Å². The van der Waals surface area contributed by atoms with Crippen LogP contribution >= 0.6 is 23.1 Å². The van der Waals surface area contributed by atoms with Crippen LogP contribution in [-0.4, -0.2) is 39.0 Å². The average Bonchev–Trinajstić information content (AvgIpc) is 3.15. The van der Waals surface area contributed by atoms with E-state index < -0.39 is 0 Å². The average molecular weight is 358 g/mol. The smallest absolute Gasteiger partial charge is 0.272 e. The molecule has 6 heteroatoms. The van der Waals surface area contributed by atoms with E-state index in [1.807, 2.05) is 63.7 Å². The number of thiophene rings is 1. The summed E-state index contributed by atoms with van der Waals surface area (Å²) in [6, 6.07) is 10.1. The fourth-order valence-corrected chi connectivity index (χ4v) is 5.43. The molecule has 0 bridgehead atoms. The monoisotopic (exact) mass is 357 g/mol. The molecule has 3 aromatic heterocycles. The van der Waals surface area contributed by atoms with Crippen molar-refractivity contribution in [3.8, 4) is 0 Å². The maximum Gasteiger partial charge on any atom is 0.272 e. The van der Waals surface area contributed by atoms with E-state index in [0.717, 1.165) is 36.6 Å². The van der Waals surface area contributed by atoms with Gasteiger partial charge in [-0.25, -0.2) is 4.98 Å². The molecule has 1 aliphatic rings. The van der Waals surface area contributed by atoms with Gasteiger partial charge in [0.25, 0.3) is 5.91 Å². The quantitative estimate of drug-likeness (QED) is 0.695. The third kappa shape index (κ3) is 2.84. The summed E-state index contributed by atoms with van der Waals surface area (Å²) in [6.07, 6.45) is 2.93. The van der Waals surface area contributed by atoms with Gasteiger partial charge in [-0.3, -0.25) is 9.20 Å². The number of fused-ring (bicyclic) bond motifs is 1. The van der Waals surface area contributed by atoms with Gasteiger partial charge >= 0.3 is 0 Å². The number of rotatable bonds is 2. The Balaban J connectivity index is 1.57. The van der Waals surface area contributed by atoms with Crippen molar-refractivity contribution in [3.63, 3.8) is 0 Å². The number of aromatic nitrogens is 2. The molecular weight excluding hydrogens is 338 g/mol. The van der Waals surface area contributed by atoms with E-state index in [9.17, 15) is 4.79 Å². The lowest BCUT2D eigenvalue weighted by atomic mass is 10.2. The van der Waals surface area contributed by atoms with E-state index >= 15 is 0 Å². The number of nitrogens with zero attached hydrogens (tertiary/aromatic N) is 3. The summed E-state index contributed by atoms with van der Waals surface area (Å²) in [5.74, 6) is 1.07. The van der Waals surface area contributed by atoms with Crippen molar-refractivity contribution in [2.45, 2.75) is 18.6 Å². The molecule has 0 aromatic carbocycles. The number of hydrogen-bond acceptors (Lipinski definition) is 4. The number of aryl methyl sites for hydroxylation is 1. The number of imidazole rings is 1. The van der Waals surface area contributed by atoms with Crippen molar-refractivity contribution >= 4 is 34.7 Å². The Morgan fingerprint density at radius 2 is 2.17 bits per heavy atom. The molecule has 4 rings (SSSR count). The maximum atomic E-state index is 13.1. The highest BCUT2D eigenvalue weighted by atomic mass is 32.2. The van der Waals surface area contributed by atoms with Gasteiger partial charge in [0.05, 0.1) is 5.69 Å². The van der Waals surface area contributed by atoms with Gasteiger partial charge in [-0.2, -0.15) is 11.8 Å². The minimum atomic E-state index is 0.0960. The van der Waals surface area contributed by atoms with Crippen LogP contribution < -0.4 is 0 Å². The highest BCUT2D eigenvalue weighted by Crippen LogP contribution is 2.37. The van der Waals surface area contributed by atoms with E-state index in [1.54, 1.807) is 0 Å². The van der Waals surface area contributed by atoms with Gasteiger partial charge in [0.15, 0.2) is 0 Å². The zero-order chi connectivity index (χ0) is 16.5. The zero-order valence-electron chi connectivity index (χ0n) is 13.5. The van der Waals surface area contributed by atoms with Crippen molar-refractivity contribution < 1.29 is 4.79 Å². The normalized spacial score (nSPS) is 18.7. The summed E-state index contributed by atoms with van der Waals surface area (Å²) in [4.78, 5) is 21.0. The van der Waals surface area contributed by atoms with Crippen molar-refractivity contribution in [1.29, 1.82) is 0 Å². The summed E-state index contributed by atoms with van der Waals surface area (Å²) < 4.78 is 1.91. The number of thioether (sulfide) groups is 1. The first-order valence-corrected chi connectivity index (χ1v) is 10.0. The van der Waals surface area contributed by atoms with E-state index in [0.29, 0.717) is 10.9 Å². The van der Waals surface area contributed by atoms with Crippen LogP contribution in [0.4, 0.5) is 0 Å². The Kier molecular flexibility index (Phi) is 4.33. The van der Waals surface area contributed by atoms with Crippen LogP contribution in [0.3, 0.4) is 0 Å². The lowest BCUT2D eigenvalue weighted by Crippen LogP contribution is -2.34. The molecular formula is C18H19N3OS2. The van der Waals surface area contributed by atoms with E-state index in [1.165, 1.54) is 4.88 Å². The second kappa shape index (κ2) is 6.61. The maximum absolute atomic E-state index is 13.1. The summed E-state index contributed by atoms with van der Waals surface area (Å²) >= 11 is 3.77. The summed E-state index contributed by atoms with van der Waals surface area (Å²) in [6.45, 7) is 3.51. The molecule has 0 radical (unpaired) electrons. The first-order chi connectivity index (χ1) is 11.7. The van der Waals surface area contributed by atoms with Gasteiger partial charge in [0, 0.05) is 35.2 Å². The molecule has 0 saturated carbocycles. The molecule has 3 aromatic rings. The molecule has 1 amide bonds. The minimum absolute atomic E-state index is 0.0960. The third-order valence-corrected chi connectivity index (χ3v) is 6.84. The van der Waals surface area contributed by atoms with Crippen molar-refractivity contribution in [2.75, 3.05) is 18.8 Å². The number of pyridine rings is 1. The Bertz CT molecular complexity index is 856. The number of hydrogen-bond donors (Lipinski definition) is 0. The van der Waals surface area contributed by atoms with Crippen molar-refractivity contribution in [2.24, 2.45) is 0 Å². The van der Waals surface area contributed by atoms with E-state index in [-0.39, 0.29) is 5.91 Å². The van der Waals surface area contributed by atoms with Crippen LogP contribution in [0.2, 0.25) is 0 Å². The number of carbonyl (C=O) groups excluding carboxylic acids is 1. The number of amides is 1. The van der Waals surface area contributed by atoms with Gasteiger partial charge in [0.1, 0.15) is 11.3 Å². The second-order valence-corrected chi connectivity index (χ2v) is 8.22. The van der Waals surface area contributed by atoms with Crippen LogP contribution in [0, 0.1) is 6.92 Å². The van der Waals surface area contributed by atoms with E-state index in [2.05, 4.69) is 22.5 Å². The van der Waals surface area contributed by atoms with Crippen LogP contribution in [0.5, 0.6) is 0 Å². The van der Waals surface area contributed by atoms with Gasteiger partial charge in [-0.1, -0.05) is 12.1 Å². The lowest BCUT2D eigenvalue weighted by Gasteiger charge is -2.20. The molecule has 0 aliphatic carbocycles. The molecule has 0 N–H and O–H groups in total. The largest absolute Gasteiger partial charge is 0.336 e. The molecule has 24 heavy (non-hydrogen) atoms. The van der Waals surface area contributed by atoms with Crippen molar-refractivity contribution in [3.05, 3.63) is 58.2 Å². The number of carbonyl (C=O) groups is 1. The van der Waals surface area contributed by atoms with Gasteiger partial charge in [-0.15, -0.1) is 11.3 Å². The first-order valence-electron chi connectivity index (χ1n) is 8.12.